The van der Waals surface area contributed by atoms with E-state index in [9.17, 15) is 54.0 Å². The second-order valence-corrected chi connectivity index (χ2v) is 11.5. The van der Waals surface area contributed by atoms with Gasteiger partial charge in [0.15, 0.2) is 6.10 Å². The number of carboxylic acids is 1. The third-order valence-electron chi connectivity index (χ3n) is 7.34. The van der Waals surface area contributed by atoms with E-state index in [1.165, 1.54) is 30.4 Å². The summed E-state index contributed by atoms with van der Waals surface area (Å²) in [7, 11) is 0. The zero-order valence-corrected chi connectivity index (χ0v) is 26.8. The van der Waals surface area contributed by atoms with Crippen LogP contribution in [0.15, 0.2) is 30.4 Å². The van der Waals surface area contributed by atoms with Gasteiger partial charge in [-0.2, -0.15) is 0 Å². The van der Waals surface area contributed by atoms with Gasteiger partial charge in [0.25, 0.3) is 11.8 Å². The number of nitrogens with one attached hydrogen (secondary N) is 3. The summed E-state index contributed by atoms with van der Waals surface area (Å²) in [4.78, 5) is 85.2. The fraction of sp³-hybridized carbons (Fsp3) is 0.516. The fourth-order valence-corrected chi connectivity index (χ4v) is 4.61. The lowest BCUT2D eigenvalue weighted by molar-refractivity contribution is -0.277. The van der Waals surface area contributed by atoms with E-state index in [-0.39, 0.29) is 61.6 Å². The molecule has 0 saturated carbocycles. The molecule has 0 bridgehead atoms. The normalized spacial score (nSPS) is 21.8. The maximum atomic E-state index is 12.8. The zero-order valence-electron chi connectivity index (χ0n) is 26.8. The van der Waals surface area contributed by atoms with E-state index in [2.05, 4.69) is 16.0 Å². The molecule has 0 unspecified atom stereocenters. The number of rotatable bonds is 16. The van der Waals surface area contributed by atoms with Gasteiger partial charge in [0.1, 0.15) is 24.9 Å². The number of nitrogens with zero attached hydrogens (tertiary/aromatic N) is 1. The molecule has 0 spiro atoms. The minimum Gasteiger partial charge on any atom is -0.479 e. The van der Waals surface area contributed by atoms with Gasteiger partial charge in [0.2, 0.25) is 18.1 Å². The topological polar surface area (TPSA) is 267 Å². The Balaban J connectivity index is 1.55. The Bertz CT molecular complexity index is 1430. The Morgan fingerprint density at radius 1 is 0.878 bits per heavy atom. The predicted molar refractivity (Wildman–Crippen MR) is 166 cm³/mol. The van der Waals surface area contributed by atoms with Crippen LogP contribution in [0, 0.1) is 5.92 Å². The highest BCUT2D eigenvalue weighted by Gasteiger charge is 2.48. The Kier molecular flexibility index (Phi) is 14.2. The predicted octanol–water partition coefficient (Wildman–Crippen LogP) is -0.243. The first-order valence-electron chi connectivity index (χ1n) is 15.5. The van der Waals surface area contributed by atoms with E-state index in [0.717, 1.165) is 4.90 Å². The molecule has 2 aliphatic heterocycles. The van der Waals surface area contributed by atoms with Crippen LogP contribution in [-0.2, 0) is 49.6 Å². The summed E-state index contributed by atoms with van der Waals surface area (Å²) in [5.41, 5.74) is 0.425. The van der Waals surface area contributed by atoms with Gasteiger partial charge in [0, 0.05) is 38.1 Å². The number of carbonyl (C=O) groups is 7. The molecule has 0 radical (unpaired) electrons. The number of hydrogen-bond acceptors (Lipinski definition) is 13. The fourth-order valence-electron chi connectivity index (χ4n) is 4.61. The van der Waals surface area contributed by atoms with Gasteiger partial charge in [-0.05, 0) is 30.5 Å². The highest BCUT2D eigenvalue weighted by Crippen LogP contribution is 2.27. The quantitative estimate of drug-likeness (QED) is 0.0670. The summed E-state index contributed by atoms with van der Waals surface area (Å²) >= 11 is 0. The van der Waals surface area contributed by atoms with Crippen LogP contribution in [0.3, 0.4) is 0 Å². The van der Waals surface area contributed by atoms with Crippen LogP contribution in [-0.4, -0.2) is 111 Å². The minimum atomic E-state index is -2.01. The molecule has 18 heteroatoms. The maximum Gasteiger partial charge on any atom is 0.414 e. The highest BCUT2D eigenvalue weighted by atomic mass is 16.7. The third-order valence-corrected chi connectivity index (χ3v) is 7.34. The molecule has 268 valence electrons. The van der Waals surface area contributed by atoms with Crippen molar-refractivity contribution >= 4 is 53.0 Å². The van der Waals surface area contributed by atoms with E-state index in [0.29, 0.717) is 24.8 Å². The summed E-state index contributed by atoms with van der Waals surface area (Å²) in [6, 6.07) is 4.23. The molecule has 49 heavy (non-hydrogen) atoms. The Hall–Kier alpha value is -4.91. The number of esters is 1. The van der Waals surface area contributed by atoms with Gasteiger partial charge in [-0.25, -0.2) is 9.59 Å². The first kappa shape index (κ1) is 38.5. The maximum absolute atomic E-state index is 12.8. The van der Waals surface area contributed by atoms with E-state index in [1.807, 2.05) is 0 Å². The number of anilines is 2. The van der Waals surface area contributed by atoms with Crippen LogP contribution >= 0.6 is 0 Å². The Morgan fingerprint density at radius 2 is 1.57 bits per heavy atom. The zero-order chi connectivity index (χ0) is 36.2. The van der Waals surface area contributed by atoms with E-state index in [1.54, 1.807) is 13.8 Å². The molecule has 3 rings (SSSR count). The Labute approximate surface area is 280 Å². The van der Waals surface area contributed by atoms with Gasteiger partial charge >= 0.3 is 18.0 Å². The van der Waals surface area contributed by atoms with Crippen molar-refractivity contribution < 1.29 is 68.2 Å². The second kappa shape index (κ2) is 18.0. The molecule has 1 aromatic rings. The molecule has 2 heterocycles. The molecule has 0 aromatic heterocycles. The summed E-state index contributed by atoms with van der Waals surface area (Å²) in [5, 5.41) is 46.7. The average Bonchev–Trinajstić information content (AvgIpc) is 3.36. The number of aliphatic hydroxyl groups is 3. The number of carboxylic acid groups (broad SMARTS) is 1. The third kappa shape index (κ3) is 11.3. The van der Waals surface area contributed by atoms with Gasteiger partial charge in [-0.3, -0.25) is 34.2 Å². The van der Waals surface area contributed by atoms with Crippen molar-refractivity contribution in [3.8, 4) is 0 Å². The smallest absolute Gasteiger partial charge is 0.414 e. The van der Waals surface area contributed by atoms with Crippen LogP contribution in [0.5, 0.6) is 0 Å². The molecule has 2 aliphatic rings. The molecular weight excluding hydrogens is 652 g/mol. The van der Waals surface area contributed by atoms with Crippen molar-refractivity contribution in [2.75, 3.05) is 23.7 Å². The second-order valence-electron chi connectivity index (χ2n) is 11.5. The lowest BCUT2D eigenvalue weighted by atomic mass is 9.99. The van der Waals surface area contributed by atoms with Crippen molar-refractivity contribution in [3.63, 3.8) is 0 Å². The molecule has 0 aliphatic carbocycles. The summed E-state index contributed by atoms with van der Waals surface area (Å²) in [6.45, 7) is 3.37. The molecule has 1 aromatic carbocycles. The number of aliphatic carboxylic acids is 1. The first-order chi connectivity index (χ1) is 23.2. The molecule has 18 nitrogen and oxygen atoms in total. The number of ether oxygens (including phenoxy) is 3. The Morgan fingerprint density at radius 3 is 2.22 bits per heavy atom. The molecule has 1 fully saturated rings. The van der Waals surface area contributed by atoms with Crippen LogP contribution in [0.25, 0.3) is 0 Å². The number of amides is 5. The van der Waals surface area contributed by atoms with Crippen molar-refractivity contribution in [3.05, 3.63) is 35.9 Å². The van der Waals surface area contributed by atoms with Crippen LogP contribution in [0.2, 0.25) is 0 Å². The summed E-state index contributed by atoms with van der Waals surface area (Å²) < 4.78 is 15.1. The average molecular weight is 693 g/mol. The van der Waals surface area contributed by atoms with Crippen LogP contribution in [0.4, 0.5) is 16.2 Å². The monoisotopic (exact) mass is 692 g/mol. The van der Waals surface area contributed by atoms with E-state index in [4.69, 9.17) is 14.2 Å². The van der Waals surface area contributed by atoms with E-state index >= 15 is 0 Å². The first-order valence-corrected chi connectivity index (χ1v) is 15.5. The molecule has 1 saturated heterocycles. The van der Waals surface area contributed by atoms with Gasteiger partial charge in [-0.15, -0.1) is 0 Å². The van der Waals surface area contributed by atoms with Crippen molar-refractivity contribution in [2.24, 2.45) is 5.92 Å². The van der Waals surface area contributed by atoms with Gasteiger partial charge < -0.3 is 45.3 Å². The molecule has 5 amide bonds. The van der Waals surface area contributed by atoms with Crippen molar-refractivity contribution in [2.45, 2.75) is 83.3 Å². The lowest BCUT2D eigenvalue weighted by Crippen LogP contribution is -2.60. The van der Waals surface area contributed by atoms with Gasteiger partial charge in [0.05, 0.1) is 17.3 Å². The van der Waals surface area contributed by atoms with E-state index < -0.39 is 60.6 Å². The molecule has 7 N–H and O–H groups in total. The lowest BCUT2D eigenvalue weighted by Gasteiger charge is -2.37. The van der Waals surface area contributed by atoms with Crippen molar-refractivity contribution in [1.29, 1.82) is 0 Å². The molecule has 5 atom stereocenters. The number of hydrogen-bond donors (Lipinski definition) is 7. The number of benzene rings is 1. The molecular formula is C31H40N4O14. The van der Waals surface area contributed by atoms with Gasteiger partial charge in [-0.1, -0.05) is 26.3 Å². The number of unbranched alkanes of at least 4 members (excludes halogenated alkanes) is 2. The van der Waals surface area contributed by atoms with Crippen LogP contribution in [0.1, 0.15) is 51.5 Å². The number of imide groups is 1. The van der Waals surface area contributed by atoms with Crippen molar-refractivity contribution in [1.82, 2.24) is 10.2 Å². The number of carbonyl (C=O) groups excluding carboxylic acids is 6. The van der Waals surface area contributed by atoms with Crippen LogP contribution < -0.4 is 16.0 Å². The standard InChI is InChI=1S/C31H40N4O14/c1-16(2)29(45)47-15-17-7-8-18(34-31(46)49-30-26(42)24(40)25(41)27(48-30)28(43)44)19(14-17)33-21(37)11-12-32-20(36)6-4-3-5-13-35-22(38)9-10-23(35)39/h7-10,14,16,24-27,30,40-42H,3-6,11-13,15H2,1-2H3,(H,32,36)(H,33,37)(H,34,46)(H,43,44)/t24-,25-,26+,27-,30-/m0/s1. The summed E-state index contributed by atoms with van der Waals surface area (Å²) in [5.74, 6) is -4.16. The largest absolute Gasteiger partial charge is 0.479 e. The SMILES string of the molecule is CC(C)C(=O)OCc1ccc(NC(=O)O[C@@H]2O[C@H](C(=O)O)[C@@H](O)[C@H](O)[C@H]2O)c(NC(=O)CCNC(=O)CCCCCN2C(=O)C=CC2=O)c1. The number of aliphatic hydroxyl groups excluding tert-OH is 3. The summed E-state index contributed by atoms with van der Waals surface area (Å²) in [6.07, 6.45) is -7.23. The highest BCUT2D eigenvalue weighted by molar-refractivity contribution is 6.12. The minimum absolute atomic E-state index is 0.0283.